The second-order valence-electron chi connectivity index (χ2n) is 6.43. The number of nitrogens with zero attached hydrogens (tertiary/aromatic N) is 1. The average Bonchev–Trinajstić information content (AvgIpc) is 2.43. The summed E-state index contributed by atoms with van der Waals surface area (Å²) in [4.78, 5) is 24.6. The van der Waals surface area contributed by atoms with Crippen molar-refractivity contribution in [2.24, 2.45) is 0 Å². The summed E-state index contributed by atoms with van der Waals surface area (Å²) in [6.07, 6.45) is 0.288. The van der Waals surface area contributed by atoms with Crippen LogP contribution in [0.5, 0.6) is 0 Å². The number of likely N-dealkylation sites (N-methyl/N-ethyl adjacent to an activating group) is 1. The van der Waals surface area contributed by atoms with E-state index < -0.39 is 15.4 Å². The first-order valence-electron chi connectivity index (χ1n) is 7.17. The van der Waals surface area contributed by atoms with Crippen molar-refractivity contribution in [2.45, 2.75) is 30.6 Å². The normalized spacial score (nSPS) is 16.4. The molecule has 0 fully saturated rings. The van der Waals surface area contributed by atoms with Gasteiger partial charge < -0.3 is 10.2 Å². The predicted molar refractivity (Wildman–Crippen MR) is 86.6 cm³/mol. The first-order valence-corrected chi connectivity index (χ1v) is 8.65. The van der Waals surface area contributed by atoms with Crippen LogP contribution >= 0.6 is 0 Å². The standard InChI is InChI=1S/C15H21N3O4S/c1-15(2)8-13(19)17-12-6-5-10(7-11(12)15)23(21,22)16-9-14(20)18(3)4/h5-7,16H,8-9H2,1-4H3,(H,17,19). The van der Waals surface area contributed by atoms with Gasteiger partial charge in [-0.05, 0) is 23.8 Å². The summed E-state index contributed by atoms with van der Waals surface area (Å²) in [5.41, 5.74) is 0.927. The second-order valence-corrected chi connectivity index (χ2v) is 8.20. The van der Waals surface area contributed by atoms with E-state index in [0.717, 1.165) is 5.56 Å². The van der Waals surface area contributed by atoms with E-state index in [2.05, 4.69) is 10.0 Å². The van der Waals surface area contributed by atoms with Crippen molar-refractivity contribution < 1.29 is 18.0 Å². The number of sulfonamides is 1. The van der Waals surface area contributed by atoms with Crippen molar-refractivity contribution in [1.29, 1.82) is 0 Å². The quantitative estimate of drug-likeness (QED) is 0.843. The zero-order valence-electron chi connectivity index (χ0n) is 13.6. The van der Waals surface area contributed by atoms with Gasteiger partial charge in [0.1, 0.15) is 0 Å². The van der Waals surface area contributed by atoms with E-state index in [4.69, 9.17) is 0 Å². The number of benzene rings is 1. The van der Waals surface area contributed by atoms with Crippen LogP contribution < -0.4 is 10.0 Å². The molecule has 8 heteroatoms. The molecule has 2 N–H and O–H groups in total. The summed E-state index contributed by atoms with van der Waals surface area (Å²) >= 11 is 0. The lowest BCUT2D eigenvalue weighted by Crippen LogP contribution is -2.36. The minimum atomic E-state index is -3.80. The molecule has 0 radical (unpaired) electrons. The fourth-order valence-electron chi connectivity index (χ4n) is 2.45. The highest BCUT2D eigenvalue weighted by Crippen LogP contribution is 2.38. The fraction of sp³-hybridized carbons (Fsp3) is 0.467. The molecule has 1 heterocycles. The van der Waals surface area contributed by atoms with E-state index in [-0.39, 0.29) is 29.7 Å². The van der Waals surface area contributed by atoms with Gasteiger partial charge >= 0.3 is 0 Å². The molecule has 23 heavy (non-hydrogen) atoms. The van der Waals surface area contributed by atoms with Crippen molar-refractivity contribution >= 4 is 27.5 Å². The molecule has 0 unspecified atom stereocenters. The summed E-state index contributed by atoms with van der Waals surface area (Å²) in [6.45, 7) is 3.49. The van der Waals surface area contributed by atoms with Crippen molar-refractivity contribution in [3.63, 3.8) is 0 Å². The average molecular weight is 339 g/mol. The van der Waals surface area contributed by atoms with Crippen LogP contribution in [0, 0.1) is 0 Å². The zero-order chi connectivity index (χ0) is 17.4. The van der Waals surface area contributed by atoms with E-state index in [1.54, 1.807) is 26.2 Å². The number of fused-ring (bicyclic) bond motifs is 1. The Hall–Kier alpha value is -1.93. The number of amides is 2. The maximum Gasteiger partial charge on any atom is 0.241 e. The van der Waals surface area contributed by atoms with Crippen molar-refractivity contribution in [3.05, 3.63) is 23.8 Å². The number of rotatable bonds is 4. The molecule has 126 valence electrons. The third kappa shape index (κ3) is 3.70. The Morgan fingerprint density at radius 3 is 2.61 bits per heavy atom. The Morgan fingerprint density at radius 2 is 2.00 bits per heavy atom. The van der Waals surface area contributed by atoms with E-state index >= 15 is 0 Å². The minimum absolute atomic E-state index is 0.0760. The summed E-state index contributed by atoms with van der Waals surface area (Å²) in [5, 5.41) is 2.74. The molecule has 1 aromatic rings. The van der Waals surface area contributed by atoms with E-state index in [1.807, 2.05) is 13.8 Å². The smallest absolute Gasteiger partial charge is 0.241 e. The van der Waals surface area contributed by atoms with Gasteiger partial charge in [-0.1, -0.05) is 13.8 Å². The number of nitrogens with one attached hydrogen (secondary N) is 2. The molecule has 0 spiro atoms. The van der Waals surface area contributed by atoms with Gasteiger partial charge in [-0.15, -0.1) is 0 Å². The second kappa shape index (κ2) is 5.93. The van der Waals surface area contributed by atoms with Crippen LogP contribution in [0.2, 0.25) is 0 Å². The number of anilines is 1. The van der Waals surface area contributed by atoms with Crippen molar-refractivity contribution in [3.8, 4) is 0 Å². The first kappa shape index (κ1) is 17.4. The Bertz CT molecular complexity index is 754. The van der Waals surface area contributed by atoms with Crippen LogP contribution in [-0.4, -0.2) is 45.8 Å². The molecule has 0 aromatic heterocycles. The lowest BCUT2D eigenvalue weighted by molar-refractivity contribution is -0.127. The zero-order valence-corrected chi connectivity index (χ0v) is 14.5. The SMILES string of the molecule is CN(C)C(=O)CNS(=O)(=O)c1ccc2c(c1)C(C)(C)CC(=O)N2. The largest absolute Gasteiger partial charge is 0.348 e. The molecule has 7 nitrogen and oxygen atoms in total. The molecule has 0 atom stereocenters. The monoisotopic (exact) mass is 339 g/mol. The van der Waals surface area contributed by atoms with E-state index in [1.165, 1.54) is 11.0 Å². The summed E-state index contributed by atoms with van der Waals surface area (Å²) in [6, 6.07) is 4.55. The van der Waals surface area contributed by atoms with Crippen LogP contribution in [-0.2, 0) is 25.0 Å². The Balaban J connectivity index is 2.31. The summed E-state index contributed by atoms with van der Waals surface area (Å²) in [7, 11) is -0.684. The van der Waals surface area contributed by atoms with Gasteiger partial charge in [0.2, 0.25) is 21.8 Å². The minimum Gasteiger partial charge on any atom is -0.348 e. The highest BCUT2D eigenvalue weighted by molar-refractivity contribution is 7.89. The Kier molecular flexibility index (Phi) is 4.50. The van der Waals surface area contributed by atoms with E-state index in [9.17, 15) is 18.0 Å². The van der Waals surface area contributed by atoms with Gasteiger partial charge in [-0.25, -0.2) is 13.1 Å². The van der Waals surface area contributed by atoms with Crippen molar-refractivity contribution in [1.82, 2.24) is 9.62 Å². The van der Waals surface area contributed by atoms with Gasteiger partial charge in [-0.2, -0.15) is 0 Å². The molecule has 0 saturated carbocycles. The van der Waals surface area contributed by atoms with Crippen LogP contribution in [0.3, 0.4) is 0 Å². The van der Waals surface area contributed by atoms with Gasteiger partial charge in [0, 0.05) is 31.6 Å². The maximum atomic E-state index is 12.4. The molecule has 1 aliphatic heterocycles. The number of carbonyl (C=O) groups is 2. The highest BCUT2D eigenvalue weighted by atomic mass is 32.2. The molecule has 0 saturated heterocycles. The van der Waals surface area contributed by atoms with Crippen molar-refractivity contribution in [2.75, 3.05) is 26.0 Å². The number of carbonyl (C=O) groups excluding carboxylic acids is 2. The van der Waals surface area contributed by atoms with Crippen LogP contribution in [0.25, 0.3) is 0 Å². The molecule has 1 aliphatic rings. The first-order chi connectivity index (χ1) is 10.5. The lowest BCUT2D eigenvalue weighted by atomic mass is 9.78. The van der Waals surface area contributed by atoms with E-state index in [0.29, 0.717) is 5.69 Å². The third-order valence-electron chi connectivity index (χ3n) is 3.82. The van der Waals surface area contributed by atoms with Crippen LogP contribution in [0.1, 0.15) is 25.8 Å². The Labute approximate surface area is 136 Å². The van der Waals surface area contributed by atoms with Gasteiger partial charge in [0.25, 0.3) is 0 Å². The maximum absolute atomic E-state index is 12.4. The molecule has 2 amide bonds. The Morgan fingerprint density at radius 1 is 1.35 bits per heavy atom. The molecular formula is C15H21N3O4S. The third-order valence-corrected chi connectivity index (χ3v) is 5.22. The molecule has 0 bridgehead atoms. The molecule has 2 rings (SSSR count). The number of hydrogen-bond donors (Lipinski definition) is 2. The molecule has 0 aliphatic carbocycles. The molecular weight excluding hydrogens is 318 g/mol. The van der Waals surface area contributed by atoms with Gasteiger partial charge in [0.15, 0.2) is 0 Å². The lowest BCUT2D eigenvalue weighted by Gasteiger charge is -2.32. The predicted octanol–water partition coefficient (Wildman–Crippen LogP) is 0.673. The van der Waals surface area contributed by atoms with Gasteiger partial charge in [0.05, 0.1) is 11.4 Å². The number of hydrogen-bond acceptors (Lipinski definition) is 4. The molecule has 1 aromatic carbocycles. The topological polar surface area (TPSA) is 95.6 Å². The summed E-state index contributed by atoms with van der Waals surface area (Å²) < 4.78 is 27.0. The fourth-order valence-corrected chi connectivity index (χ4v) is 3.45. The van der Waals surface area contributed by atoms with Crippen LogP contribution in [0.4, 0.5) is 5.69 Å². The van der Waals surface area contributed by atoms with Crippen LogP contribution in [0.15, 0.2) is 23.1 Å². The summed E-state index contributed by atoms with van der Waals surface area (Å²) in [5.74, 6) is -0.424. The van der Waals surface area contributed by atoms with Gasteiger partial charge in [-0.3, -0.25) is 9.59 Å². The highest BCUT2D eigenvalue weighted by Gasteiger charge is 2.33.